The Morgan fingerprint density at radius 1 is 0.897 bits per heavy atom. The fourth-order valence-corrected chi connectivity index (χ4v) is 2.64. The molecule has 5 nitrogen and oxygen atoms in total. The first-order valence-corrected chi connectivity index (χ1v) is 8.76. The van der Waals surface area contributed by atoms with Crippen molar-refractivity contribution in [3.8, 4) is 16.9 Å². The molecule has 1 amide bonds. The van der Waals surface area contributed by atoms with Crippen LogP contribution in [0.4, 0.5) is 18.9 Å². The number of esters is 1. The van der Waals surface area contributed by atoms with Gasteiger partial charge < -0.3 is 14.4 Å². The first-order chi connectivity index (χ1) is 13.4. The van der Waals surface area contributed by atoms with Crippen LogP contribution in [0.25, 0.3) is 11.1 Å². The van der Waals surface area contributed by atoms with Gasteiger partial charge in [-0.2, -0.15) is 0 Å². The minimum atomic E-state index is -4.74. The summed E-state index contributed by atoms with van der Waals surface area (Å²) in [6.07, 6.45) is -4.74. The summed E-state index contributed by atoms with van der Waals surface area (Å²) in [7, 11) is 1.14. The fraction of sp³-hybridized carbons (Fsp3) is 0.333. The molecule has 0 aromatic heterocycles. The van der Waals surface area contributed by atoms with Crippen LogP contribution in [0, 0.1) is 5.41 Å². The second kappa shape index (κ2) is 8.55. The summed E-state index contributed by atoms with van der Waals surface area (Å²) >= 11 is 0. The summed E-state index contributed by atoms with van der Waals surface area (Å²) in [5, 5.41) is 0. The molecule has 0 aliphatic heterocycles. The van der Waals surface area contributed by atoms with E-state index >= 15 is 0 Å². The predicted molar refractivity (Wildman–Crippen MR) is 102 cm³/mol. The molecule has 0 N–H and O–H groups in total. The van der Waals surface area contributed by atoms with Crippen molar-refractivity contribution in [1.82, 2.24) is 0 Å². The predicted octanol–water partition coefficient (Wildman–Crippen LogP) is 4.80. The number of rotatable bonds is 4. The average Bonchev–Trinajstić information content (AvgIpc) is 2.64. The molecular weight excluding hydrogens is 387 g/mol. The first kappa shape index (κ1) is 22.3. The zero-order valence-corrected chi connectivity index (χ0v) is 16.5. The summed E-state index contributed by atoms with van der Waals surface area (Å²) in [5.41, 5.74) is 1.65. The van der Waals surface area contributed by atoms with E-state index in [1.54, 1.807) is 24.3 Å². The topological polar surface area (TPSA) is 55.8 Å². The zero-order valence-electron chi connectivity index (χ0n) is 16.5. The number of anilines is 1. The Labute approximate surface area is 167 Å². The van der Waals surface area contributed by atoms with Gasteiger partial charge in [0, 0.05) is 12.2 Å². The highest BCUT2D eigenvalue weighted by atomic mass is 19.4. The van der Waals surface area contributed by atoms with Gasteiger partial charge in [-0.25, -0.2) is 4.79 Å². The minimum Gasteiger partial charge on any atom is -0.462 e. The van der Waals surface area contributed by atoms with Crippen LogP contribution in [0.15, 0.2) is 48.5 Å². The molecule has 29 heavy (non-hydrogen) atoms. The van der Waals surface area contributed by atoms with Gasteiger partial charge in [0.25, 0.3) is 0 Å². The summed E-state index contributed by atoms with van der Waals surface area (Å²) in [4.78, 5) is 25.5. The molecule has 2 aromatic carbocycles. The molecule has 0 radical (unpaired) electrons. The molecule has 0 saturated carbocycles. The second-order valence-corrected chi connectivity index (χ2v) is 7.56. The maximum atomic E-state index is 12.4. The van der Waals surface area contributed by atoms with Crippen molar-refractivity contribution in [1.29, 1.82) is 0 Å². The van der Waals surface area contributed by atoms with E-state index in [4.69, 9.17) is 0 Å². The van der Waals surface area contributed by atoms with Crippen molar-refractivity contribution in [3.05, 3.63) is 48.5 Å². The van der Waals surface area contributed by atoms with Crippen LogP contribution in [-0.2, 0) is 14.3 Å². The molecule has 0 spiro atoms. The maximum absolute atomic E-state index is 12.4. The molecule has 2 rings (SSSR count). The highest BCUT2D eigenvalue weighted by molar-refractivity contribution is 6.38. The van der Waals surface area contributed by atoms with Gasteiger partial charge in [-0.1, -0.05) is 45.0 Å². The minimum absolute atomic E-state index is 0.267. The SMILES string of the molecule is COC(=O)C(=O)N(CC(C)(C)C)c1ccc(-c2ccc(OC(F)(F)F)cc2)cc1. The largest absolute Gasteiger partial charge is 0.573 e. The molecule has 0 saturated heterocycles. The van der Waals surface area contributed by atoms with Gasteiger partial charge in [0.2, 0.25) is 0 Å². The number of ether oxygens (including phenoxy) is 2. The number of hydrogen-bond acceptors (Lipinski definition) is 4. The maximum Gasteiger partial charge on any atom is 0.573 e. The molecule has 0 fully saturated rings. The number of amides is 1. The van der Waals surface area contributed by atoms with E-state index < -0.39 is 18.2 Å². The standard InChI is InChI=1S/C21H22F3NO4/c1-20(2,3)13-25(18(26)19(27)28-4)16-9-5-14(6-10-16)15-7-11-17(12-8-15)29-21(22,23)24/h5-12H,13H2,1-4H3. The lowest BCUT2D eigenvalue weighted by molar-refractivity contribution is -0.274. The van der Waals surface area contributed by atoms with Crippen LogP contribution < -0.4 is 9.64 Å². The van der Waals surface area contributed by atoms with E-state index in [2.05, 4.69) is 9.47 Å². The van der Waals surface area contributed by atoms with Gasteiger partial charge in [-0.05, 0) is 40.8 Å². The lowest BCUT2D eigenvalue weighted by Crippen LogP contribution is -2.42. The number of hydrogen-bond donors (Lipinski definition) is 0. The first-order valence-electron chi connectivity index (χ1n) is 8.76. The van der Waals surface area contributed by atoms with E-state index in [0.29, 0.717) is 17.8 Å². The van der Waals surface area contributed by atoms with Crippen LogP contribution in [-0.4, -0.2) is 31.9 Å². The van der Waals surface area contributed by atoms with E-state index in [1.807, 2.05) is 20.8 Å². The number of nitrogens with zero attached hydrogens (tertiary/aromatic N) is 1. The molecule has 8 heteroatoms. The summed E-state index contributed by atoms with van der Waals surface area (Å²) in [5.74, 6) is -2.04. The van der Waals surface area contributed by atoms with Crippen LogP contribution in [0.3, 0.4) is 0 Å². The van der Waals surface area contributed by atoms with Crippen LogP contribution in [0.5, 0.6) is 5.75 Å². The number of benzene rings is 2. The normalized spacial score (nSPS) is 11.7. The molecule has 156 valence electrons. The van der Waals surface area contributed by atoms with Crippen molar-refractivity contribution < 1.29 is 32.2 Å². The van der Waals surface area contributed by atoms with Crippen molar-refractivity contribution in [2.24, 2.45) is 5.41 Å². The Bertz CT molecular complexity index is 853. The zero-order chi connectivity index (χ0) is 21.8. The van der Waals surface area contributed by atoms with E-state index in [0.717, 1.165) is 12.7 Å². The second-order valence-electron chi connectivity index (χ2n) is 7.56. The lowest BCUT2D eigenvalue weighted by Gasteiger charge is -2.29. The van der Waals surface area contributed by atoms with Crippen molar-refractivity contribution in [2.75, 3.05) is 18.6 Å². The van der Waals surface area contributed by atoms with Gasteiger partial charge in [-0.3, -0.25) is 4.79 Å². The van der Waals surface area contributed by atoms with Gasteiger partial charge in [-0.15, -0.1) is 13.2 Å². The molecule has 0 unspecified atom stereocenters. The molecule has 2 aromatic rings. The highest BCUT2D eigenvalue weighted by Crippen LogP contribution is 2.29. The Hall–Kier alpha value is -3.03. The Kier molecular flexibility index (Phi) is 6.56. The molecule has 0 atom stereocenters. The highest BCUT2D eigenvalue weighted by Gasteiger charge is 2.31. The number of methoxy groups -OCH3 is 1. The molecule has 0 heterocycles. The third-order valence-corrected chi connectivity index (χ3v) is 3.84. The molecular formula is C21H22F3NO4. The Morgan fingerprint density at radius 2 is 1.38 bits per heavy atom. The van der Waals surface area contributed by atoms with Crippen LogP contribution >= 0.6 is 0 Å². The average molecular weight is 409 g/mol. The fourth-order valence-electron chi connectivity index (χ4n) is 2.64. The molecule has 0 aliphatic carbocycles. The third kappa shape index (κ3) is 6.51. The van der Waals surface area contributed by atoms with Gasteiger partial charge in [0.1, 0.15) is 5.75 Å². The Morgan fingerprint density at radius 3 is 1.79 bits per heavy atom. The Balaban J connectivity index is 2.26. The quantitative estimate of drug-likeness (QED) is 0.538. The number of carbonyl (C=O) groups excluding carboxylic acids is 2. The van der Waals surface area contributed by atoms with Crippen LogP contribution in [0.1, 0.15) is 20.8 Å². The summed E-state index contributed by atoms with van der Waals surface area (Å²) in [6.45, 7) is 6.10. The monoisotopic (exact) mass is 409 g/mol. The number of alkyl halides is 3. The van der Waals surface area contributed by atoms with E-state index in [1.165, 1.54) is 29.2 Å². The van der Waals surface area contributed by atoms with Gasteiger partial charge in [0.05, 0.1) is 7.11 Å². The molecule has 0 aliphatic rings. The summed E-state index contributed by atoms with van der Waals surface area (Å²) < 4.78 is 45.2. The van der Waals surface area contributed by atoms with E-state index in [9.17, 15) is 22.8 Å². The smallest absolute Gasteiger partial charge is 0.462 e. The number of halogens is 3. The number of carbonyl (C=O) groups is 2. The van der Waals surface area contributed by atoms with Crippen molar-refractivity contribution >= 4 is 17.6 Å². The lowest BCUT2D eigenvalue weighted by atomic mass is 9.95. The van der Waals surface area contributed by atoms with Crippen molar-refractivity contribution in [3.63, 3.8) is 0 Å². The summed E-state index contributed by atoms with van der Waals surface area (Å²) in [6, 6.07) is 12.2. The van der Waals surface area contributed by atoms with E-state index in [-0.39, 0.29) is 11.2 Å². The van der Waals surface area contributed by atoms with Crippen LogP contribution in [0.2, 0.25) is 0 Å². The van der Waals surface area contributed by atoms with Crippen molar-refractivity contribution in [2.45, 2.75) is 27.1 Å². The van der Waals surface area contributed by atoms with Gasteiger partial charge in [0.15, 0.2) is 0 Å². The van der Waals surface area contributed by atoms with Gasteiger partial charge >= 0.3 is 18.2 Å². The molecule has 0 bridgehead atoms. The third-order valence-electron chi connectivity index (χ3n) is 3.84.